The first-order chi connectivity index (χ1) is 6.68. The van der Waals surface area contributed by atoms with Crippen LogP contribution in [0.1, 0.15) is 5.69 Å². The Balaban J connectivity index is 4.03. The van der Waals surface area contributed by atoms with E-state index in [9.17, 15) is 18.0 Å². The largest absolute Gasteiger partial charge is 0.330 e. The van der Waals surface area contributed by atoms with Gasteiger partial charge >= 0.3 is 5.69 Å². The lowest BCUT2D eigenvalue weighted by molar-refractivity contribution is 0.580. The van der Waals surface area contributed by atoms with Crippen molar-refractivity contribution in [2.45, 2.75) is 11.8 Å². The SMILES string of the molecule is Cc1c(S(N)(=O)=O)c(=O)n(C)c(=O)n1C. The summed E-state index contributed by atoms with van der Waals surface area (Å²) in [4.78, 5) is 22.3. The van der Waals surface area contributed by atoms with Crippen LogP contribution in [-0.2, 0) is 24.1 Å². The number of rotatable bonds is 1. The number of nitrogens with two attached hydrogens (primary N) is 1. The number of sulfonamides is 1. The summed E-state index contributed by atoms with van der Waals surface area (Å²) in [6.07, 6.45) is 0. The van der Waals surface area contributed by atoms with Crippen LogP contribution in [0.25, 0.3) is 0 Å². The highest BCUT2D eigenvalue weighted by molar-refractivity contribution is 7.89. The Bertz CT molecular complexity index is 623. The molecule has 0 bridgehead atoms. The van der Waals surface area contributed by atoms with Crippen molar-refractivity contribution >= 4 is 10.0 Å². The zero-order valence-corrected chi connectivity index (χ0v) is 9.33. The third-order valence-corrected chi connectivity index (χ3v) is 3.23. The topological polar surface area (TPSA) is 104 Å². The third-order valence-electron chi connectivity index (χ3n) is 2.19. The lowest BCUT2D eigenvalue weighted by Gasteiger charge is -2.09. The summed E-state index contributed by atoms with van der Waals surface area (Å²) in [6, 6.07) is 0. The maximum Gasteiger partial charge on any atom is 0.330 e. The highest BCUT2D eigenvalue weighted by Gasteiger charge is 2.21. The Morgan fingerprint density at radius 3 is 2.00 bits per heavy atom. The van der Waals surface area contributed by atoms with Gasteiger partial charge < -0.3 is 0 Å². The fourth-order valence-corrected chi connectivity index (χ4v) is 2.17. The molecule has 8 heteroatoms. The van der Waals surface area contributed by atoms with Crippen molar-refractivity contribution in [2.24, 2.45) is 19.2 Å². The molecule has 0 aromatic carbocycles. The van der Waals surface area contributed by atoms with Gasteiger partial charge in [-0.3, -0.25) is 13.9 Å². The number of aromatic nitrogens is 2. The second kappa shape index (κ2) is 3.31. The molecule has 0 atom stereocenters. The standard InChI is InChI=1S/C7H11N3O4S/c1-4-5(15(8,13)14)6(11)10(3)7(12)9(4)2/h1-3H3,(H2,8,13,14). The molecule has 1 rings (SSSR count). The summed E-state index contributed by atoms with van der Waals surface area (Å²) in [5.41, 5.74) is -1.46. The molecule has 0 radical (unpaired) electrons. The summed E-state index contributed by atoms with van der Waals surface area (Å²) in [5.74, 6) is 0. The monoisotopic (exact) mass is 233 g/mol. The lowest BCUT2D eigenvalue weighted by Crippen LogP contribution is -2.42. The molecule has 0 amide bonds. The van der Waals surface area contributed by atoms with Gasteiger partial charge in [0.05, 0.1) is 0 Å². The van der Waals surface area contributed by atoms with Crippen molar-refractivity contribution in [3.05, 3.63) is 26.5 Å². The van der Waals surface area contributed by atoms with Gasteiger partial charge in [-0.1, -0.05) is 0 Å². The average Bonchev–Trinajstić information content (AvgIpc) is 2.09. The first kappa shape index (κ1) is 11.7. The Labute approximate surface area is 85.8 Å². The van der Waals surface area contributed by atoms with Crippen molar-refractivity contribution in [3.8, 4) is 0 Å². The van der Waals surface area contributed by atoms with Crippen LogP contribution in [-0.4, -0.2) is 17.6 Å². The summed E-state index contributed by atoms with van der Waals surface area (Å²) in [7, 11) is -1.56. The molecule has 2 N–H and O–H groups in total. The van der Waals surface area contributed by atoms with E-state index in [0.717, 1.165) is 4.57 Å². The van der Waals surface area contributed by atoms with Crippen molar-refractivity contribution in [3.63, 3.8) is 0 Å². The van der Waals surface area contributed by atoms with E-state index in [2.05, 4.69) is 0 Å². The van der Waals surface area contributed by atoms with Gasteiger partial charge in [-0.15, -0.1) is 0 Å². The van der Waals surface area contributed by atoms with Crippen molar-refractivity contribution in [1.29, 1.82) is 0 Å². The van der Waals surface area contributed by atoms with E-state index in [1.807, 2.05) is 0 Å². The molecule has 0 fully saturated rings. The van der Waals surface area contributed by atoms with E-state index in [4.69, 9.17) is 5.14 Å². The van der Waals surface area contributed by atoms with Crippen LogP contribution in [0.3, 0.4) is 0 Å². The summed E-state index contributed by atoms with van der Waals surface area (Å²) >= 11 is 0. The second-order valence-corrected chi connectivity index (χ2v) is 4.66. The number of hydrogen-bond donors (Lipinski definition) is 1. The van der Waals surface area contributed by atoms with Crippen molar-refractivity contribution in [1.82, 2.24) is 9.13 Å². The quantitative estimate of drug-likeness (QED) is 0.608. The molecule has 1 heterocycles. The summed E-state index contributed by atoms with van der Waals surface area (Å²) < 4.78 is 24.0. The molecule has 15 heavy (non-hydrogen) atoms. The molecular formula is C7H11N3O4S. The smallest absolute Gasteiger partial charge is 0.300 e. The van der Waals surface area contributed by atoms with Crippen LogP contribution in [0.15, 0.2) is 14.5 Å². The van der Waals surface area contributed by atoms with E-state index in [1.165, 1.54) is 21.0 Å². The zero-order valence-electron chi connectivity index (χ0n) is 8.51. The maximum absolute atomic E-state index is 11.5. The van der Waals surface area contributed by atoms with Crippen LogP contribution >= 0.6 is 0 Å². The Morgan fingerprint density at radius 1 is 1.13 bits per heavy atom. The number of primary sulfonamides is 1. The van der Waals surface area contributed by atoms with Crippen LogP contribution in [0.2, 0.25) is 0 Å². The summed E-state index contributed by atoms with van der Waals surface area (Å²) in [5, 5.41) is 4.89. The highest BCUT2D eigenvalue weighted by Crippen LogP contribution is 2.03. The number of nitrogens with zero attached hydrogens (tertiary/aromatic N) is 2. The molecule has 1 aromatic heterocycles. The normalized spacial score (nSPS) is 11.7. The molecule has 0 unspecified atom stereocenters. The number of hydrogen-bond acceptors (Lipinski definition) is 4. The fraction of sp³-hybridized carbons (Fsp3) is 0.429. The fourth-order valence-electron chi connectivity index (χ4n) is 1.24. The lowest BCUT2D eigenvalue weighted by atomic mass is 10.4. The van der Waals surface area contributed by atoms with Gasteiger partial charge in [0.2, 0.25) is 10.0 Å². The molecule has 0 aliphatic carbocycles. The van der Waals surface area contributed by atoms with Gasteiger partial charge in [0.25, 0.3) is 5.56 Å². The van der Waals surface area contributed by atoms with E-state index in [0.29, 0.717) is 4.57 Å². The summed E-state index contributed by atoms with van der Waals surface area (Å²) in [6.45, 7) is 1.35. The minimum atomic E-state index is -4.12. The molecule has 0 aliphatic rings. The van der Waals surface area contributed by atoms with Crippen LogP contribution in [0.5, 0.6) is 0 Å². The maximum atomic E-state index is 11.5. The molecule has 84 valence electrons. The van der Waals surface area contributed by atoms with Gasteiger partial charge in [-0.25, -0.2) is 18.4 Å². The first-order valence-electron chi connectivity index (χ1n) is 3.97. The predicted molar refractivity (Wildman–Crippen MR) is 53.0 cm³/mol. The predicted octanol–water partition coefficient (Wildman–Crippen LogP) is -1.96. The third kappa shape index (κ3) is 1.73. The van der Waals surface area contributed by atoms with Crippen LogP contribution in [0.4, 0.5) is 0 Å². The van der Waals surface area contributed by atoms with Crippen molar-refractivity contribution < 1.29 is 8.42 Å². The molecule has 1 aromatic rings. The Hall–Kier alpha value is -1.41. The molecule has 0 saturated carbocycles. The Morgan fingerprint density at radius 2 is 1.60 bits per heavy atom. The zero-order chi connectivity index (χ0) is 12.0. The Kier molecular flexibility index (Phi) is 2.58. The minimum absolute atomic E-state index is 0.0330. The van der Waals surface area contributed by atoms with Crippen LogP contribution in [0, 0.1) is 6.92 Å². The molecule has 0 aliphatic heterocycles. The van der Waals surface area contributed by atoms with Gasteiger partial charge in [-0.05, 0) is 6.92 Å². The van der Waals surface area contributed by atoms with Gasteiger partial charge in [0, 0.05) is 19.8 Å². The van der Waals surface area contributed by atoms with Gasteiger partial charge in [0.1, 0.15) is 0 Å². The van der Waals surface area contributed by atoms with E-state index < -0.39 is 26.2 Å². The van der Waals surface area contributed by atoms with Gasteiger partial charge in [-0.2, -0.15) is 0 Å². The molecule has 7 nitrogen and oxygen atoms in total. The molecule has 0 saturated heterocycles. The average molecular weight is 233 g/mol. The van der Waals surface area contributed by atoms with Crippen molar-refractivity contribution in [2.75, 3.05) is 0 Å². The second-order valence-electron chi connectivity index (χ2n) is 3.17. The van der Waals surface area contributed by atoms with Gasteiger partial charge in [0.15, 0.2) is 4.90 Å². The molecular weight excluding hydrogens is 222 g/mol. The first-order valence-corrected chi connectivity index (χ1v) is 5.52. The van der Waals surface area contributed by atoms with E-state index >= 15 is 0 Å². The van der Waals surface area contributed by atoms with Crippen LogP contribution < -0.4 is 16.4 Å². The van der Waals surface area contributed by atoms with E-state index in [1.54, 1.807) is 0 Å². The highest BCUT2D eigenvalue weighted by atomic mass is 32.2. The minimum Gasteiger partial charge on any atom is -0.300 e. The molecule has 0 spiro atoms. The van der Waals surface area contributed by atoms with E-state index in [-0.39, 0.29) is 5.69 Å².